The first-order chi connectivity index (χ1) is 9.61. The number of carbonyl (C=O) groups is 1. The predicted molar refractivity (Wildman–Crippen MR) is 84.1 cm³/mol. The summed E-state index contributed by atoms with van der Waals surface area (Å²) < 4.78 is 0. The van der Waals surface area contributed by atoms with Crippen LogP contribution in [0.4, 0.5) is 0 Å². The van der Waals surface area contributed by atoms with E-state index < -0.39 is 0 Å². The first-order valence-corrected chi connectivity index (χ1v) is 7.98. The zero-order chi connectivity index (χ0) is 14.5. The van der Waals surface area contributed by atoms with Gasteiger partial charge in [-0.05, 0) is 50.7 Å². The van der Waals surface area contributed by atoms with Gasteiger partial charge in [-0.1, -0.05) is 37.5 Å². The van der Waals surface area contributed by atoms with Crippen molar-refractivity contribution in [1.82, 2.24) is 4.90 Å². The molecule has 2 heteroatoms. The maximum atomic E-state index is 12.7. The van der Waals surface area contributed by atoms with Gasteiger partial charge in [0.15, 0.2) is 0 Å². The number of carbonyl (C=O) groups excluding carboxylic acids is 1. The lowest BCUT2D eigenvalue weighted by Gasteiger charge is -2.22. The average molecular weight is 273 g/mol. The van der Waals surface area contributed by atoms with Gasteiger partial charge in [0.2, 0.25) is 0 Å². The van der Waals surface area contributed by atoms with Crippen molar-refractivity contribution in [1.29, 1.82) is 0 Å². The first kappa shape index (κ1) is 15.1. The van der Waals surface area contributed by atoms with Crippen molar-refractivity contribution in [3.8, 4) is 0 Å². The summed E-state index contributed by atoms with van der Waals surface area (Å²) in [7, 11) is 0. The quantitative estimate of drug-likeness (QED) is 0.802. The van der Waals surface area contributed by atoms with Crippen molar-refractivity contribution < 1.29 is 4.79 Å². The summed E-state index contributed by atoms with van der Waals surface area (Å²) >= 11 is 0. The third-order valence-corrected chi connectivity index (χ3v) is 4.46. The first-order valence-electron chi connectivity index (χ1n) is 7.98. The van der Waals surface area contributed by atoms with Crippen LogP contribution in [0.15, 0.2) is 18.2 Å². The van der Waals surface area contributed by atoms with E-state index in [0.29, 0.717) is 0 Å². The molecule has 1 unspecified atom stereocenters. The fraction of sp³-hybridized carbons (Fsp3) is 0.611. The van der Waals surface area contributed by atoms with E-state index >= 15 is 0 Å². The molecule has 0 radical (unpaired) electrons. The Kier molecular flexibility index (Phi) is 5.22. The fourth-order valence-electron chi connectivity index (χ4n) is 3.20. The number of rotatable bonds is 3. The van der Waals surface area contributed by atoms with E-state index in [1.165, 1.54) is 25.7 Å². The largest absolute Gasteiger partial charge is 0.339 e. The second kappa shape index (κ2) is 6.92. The van der Waals surface area contributed by atoms with E-state index in [-0.39, 0.29) is 5.91 Å². The molecule has 0 aromatic heterocycles. The van der Waals surface area contributed by atoms with Gasteiger partial charge in [-0.25, -0.2) is 0 Å². The Morgan fingerprint density at radius 1 is 1.25 bits per heavy atom. The van der Waals surface area contributed by atoms with Crippen LogP contribution < -0.4 is 0 Å². The highest BCUT2D eigenvalue weighted by molar-refractivity contribution is 5.95. The van der Waals surface area contributed by atoms with Crippen LogP contribution in [-0.4, -0.2) is 23.9 Å². The zero-order valence-electron chi connectivity index (χ0n) is 13.1. The smallest absolute Gasteiger partial charge is 0.254 e. The summed E-state index contributed by atoms with van der Waals surface area (Å²) in [6, 6.07) is 6.16. The van der Waals surface area contributed by atoms with E-state index in [4.69, 9.17) is 0 Å². The van der Waals surface area contributed by atoms with Crippen LogP contribution in [0.25, 0.3) is 0 Å². The maximum absolute atomic E-state index is 12.7. The Morgan fingerprint density at radius 3 is 2.80 bits per heavy atom. The summed E-state index contributed by atoms with van der Waals surface area (Å²) in [6.45, 7) is 8.19. The molecule has 1 amide bonds. The minimum Gasteiger partial charge on any atom is -0.339 e. The lowest BCUT2D eigenvalue weighted by atomic mass is 9.96. The Bertz CT molecular complexity index is 466. The summed E-state index contributed by atoms with van der Waals surface area (Å²) in [6.07, 6.45) is 6.18. The summed E-state index contributed by atoms with van der Waals surface area (Å²) in [4.78, 5) is 14.8. The maximum Gasteiger partial charge on any atom is 0.254 e. The number of nitrogens with zero attached hydrogens (tertiary/aromatic N) is 1. The van der Waals surface area contributed by atoms with Gasteiger partial charge >= 0.3 is 0 Å². The minimum atomic E-state index is 0.225. The fourth-order valence-corrected chi connectivity index (χ4v) is 3.20. The highest BCUT2D eigenvalue weighted by atomic mass is 16.2. The second-order valence-corrected chi connectivity index (χ2v) is 6.20. The molecule has 1 heterocycles. The van der Waals surface area contributed by atoms with Crippen LogP contribution in [0.5, 0.6) is 0 Å². The van der Waals surface area contributed by atoms with E-state index in [1.807, 2.05) is 13.0 Å². The van der Waals surface area contributed by atoms with Crippen molar-refractivity contribution in [3.63, 3.8) is 0 Å². The molecule has 2 rings (SSSR count). The van der Waals surface area contributed by atoms with Crippen molar-refractivity contribution in [2.75, 3.05) is 13.1 Å². The molecule has 20 heavy (non-hydrogen) atoms. The molecule has 2 nitrogen and oxygen atoms in total. The molecule has 0 aliphatic carbocycles. The van der Waals surface area contributed by atoms with E-state index in [1.54, 1.807) is 0 Å². The Labute approximate surface area is 123 Å². The Hall–Kier alpha value is -1.31. The highest BCUT2D eigenvalue weighted by Gasteiger charge is 2.22. The van der Waals surface area contributed by atoms with Crippen LogP contribution in [0.3, 0.4) is 0 Å². The molecule has 1 atom stereocenters. The average Bonchev–Trinajstić information content (AvgIpc) is 2.67. The molecule has 0 saturated carbocycles. The van der Waals surface area contributed by atoms with Crippen LogP contribution in [0, 0.1) is 19.8 Å². The van der Waals surface area contributed by atoms with Crippen molar-refractivity contribution >= 4 is 5.91 Å². The van der Waals surface area contributed by atoms with E-state index in [9.17, 15) is 4.79 Å². The number of benzene rings is 1. The molecule has 1 aromatic carbocycles. The van der Waals surface area contributed by atoms with Gasteiger partial charge in [0.05, 0.1) is 0 Å². The van der Waals surface area contributed by atoms with E-state index in [2.05, 4.69) is 30.9 Å². The van der Waals surface area contributed by atoms with Gasteiger partial charge in [-0.15, -0.1) is 0 Å². The molecule has 0 bridgehead atoms. The standard InChI is InChI=1S/C18H27NO/c1-4-6-16-7-5-11-19(12-10-16)18(20)17-13-14(2)8-9-15(17)3/h8-9,13,16H,4-7,10-12H2,1-3H3. The zero-order valence-corrected chi connectivity index (χ0v) is 13.1. The molecule has 1 saturated heterocycles. The predicted octanol–water partition coefficient (Wildman–Crippen LogP) is 4.35. The van der Waals surface area contributed by atoms with Crippen LogP contribution in [0.2, 0.25) is 0 Å². The monoisotopic (exact) mass is 273 g/mol. The molecule has 110 valence electrons. The summed E-state index contributed by atoms with van der Waals surface area (Å²) in [5.41, 5.74) is 3.14. The lowest BCUT2D eigenvalue weighted by Crippen LogP contribution is -2.32. The lowest BCUT2D eigenvalue weighted by molar-refractivity contribution is 0.0759. The normalized spacial score (nSPS) is 19.8. The van der Waals surface area contributed by atoms with Crippen molar-refractivity contribution in [2.24, 2.45) is 5.92 Å². The number of hydrogen-bond acceptors (Lipinski definition) is 1. The molecule has 1 aliphatic heterocycles. The molecular weight excluding hydrogens is 246 g/mol. The topological polar surface area (TPSA) is 20.3 Å². The van der Waals surface area contributed by atoms with Crippen molar-refractivity contribution in [2.45, 2.75) is 52.9 Å². The number of amides is 1. The van der Waals surface area contributed by atoms with Gasteiger partial charge in [-0.3, -0.25) is 4.79 Å². The third kappa shape index (κ3) is 3.62. The molecule has 1 fully saturated rings. The molecular formula is C18H27NO. The van der Waals surface area contributed by atoms with Gasteiger partial charge in [0.1, 0.15) is 0 Å². The summed E-state index contributed by atoms with van der Waals surface area (Å²) in [5, 5.41) is 0. The Balaban J connectivity index is 2.07. The van der Waals surface area contributed by atoms with Crippen LogP contribution in [-0.2, 0) is 0 Å². The molecule has 0 spiro atoms. The van der Waals surface area contributed by atoms with Crippen molar-refractivity contribution in [3.05, 3.63) is 34.9 Å². The SMILES string of the molecule is CCCC1CCCN(C(=O)c2cc(C)ccc2C)CC1. The van der Waals surface area contributed by atoms with Gasteiger partial charge in [0.25, 0.3) is 5.91 Å². The van der Waals surface area contributed by atoms with Gasteiger partial charge < -0.3 is 4.90 Å². The van der Waals surface area contributed by atoms with Gasteiger partial charge in [-0.2, -0.15) is 0 Å². The highest BCUT2D eigenvalue weighted by Crippen LogP contribution is 2.23. The van der Waals surface area contributed by atoms with Crippen LogP contribution in [0.1, 0.15) is 60.5 Å². The second-order valence-electron chi connectivity index (χ2n) is 6.20. The number of hydrogen-bond donors (Lipinski definition) is 0. The third-order valence-electron chi connectivity index (χ3n) is 4.46. The molecule has 1 aliphatic rings. The van der Waals surface area contributed by atoms with Crippen LogP contribution >= 0.6 is 0 Å². The number of aryl methyl sites for hydroxylation is 2. The molecule has 1 aromatic rings. The summed E-state index contributed by atoms with van der Waals surface area (Å²) in [5.74, 6) is 1.04. The van der Waals surface area contributed by atoms with E-state index in [0.717, 1.165) is 42.1 Å². The molecule has 0 N–H and O–H groups in total. The minimum absolute atomic E-state index is 0.225. The number of likely N-dealkylation sites (tertiary alicyclic amines) is 1. The Morgan fingerprint density at radius 2 is 2.05 bits per heavy atom. The van der Waals surface area contributed by atoms with Gasteiger partial charge in [0, 0.05) is 18.7 Å².